The number of amides is 1. The number of sulfonamides is 1. The molecular weight excluding hydrogens is 296 g/mol. The summed E-state index contributed by atoms with van der Waals surface area (Å²) >= 11 is 0. The lowest BCUT2D eigenvalue weighted by molar-refractivity contribution is -0.134. The molecule has 1 aliphatic rings. The normalized spacial score (nSPS) is 22.6. The van der Waals surface area contributed by atoms with Gasteiger partial charge in [-0.05, 0) is 20.0 Å². The van der Waals surface area contributed by atoms with Gasteiger partial charge in [0.15, 0.2) is 5.54 Å². The second-order valence-electron chi connectivity index (χ2n) is 4.72. The molecule has 9 heteroatoms. The lowest BCUT2D eigenvalue weighted by atomic mass is 9.91. The van der Waals surface area contributed by atoms with E-state index in [9.17, 15) is 18.4 Å². The van der Waals surface area contributed by atoms with E-state index >= 15 is 0 Å². The molecule has 1 amide bonds. The van der Waals surface area contributed by atoms with Gasteiger partial charge in [-0.1, -0.05) is 18.2 Å². The van der Waals surface area contributed by atoms with Crippen LogP contribution in [0.2, 0.25) is 0 Å². The first-order valence-electron chi connectivity index (χ1n) is 6.09. The number of hydrogen-bond donors (Lipinski definition) is 3. The van der Waals surface area contributed by atoms with Crippen LogP contribution in [0.5, 0.6) is 0 Å². The van der Waals surface area contributed by atoms with Crippen LogP contribution in [-0.2, 0) is 14.8 Å². The van der Waals surface area contributed by atoms with E-state index in [4.69, 9.17) is 0 Å². The fourth-order valence-electron chi connectivity index (χ4n) is 2.15. The first kappa shape index (κ1) is 15.6. The number of carbonyl (C=O) groups excluding carboxylic acids is 1. The van der Waals surface area contributed by atoms with Crippen molar-refractivity contribution in [2.24, 2.45) is 5.10 Å². The molecule has 0 saturated carbocycles. The molecule has 0 aliphatic carbocycles. The van der Waals surface area contributed by atoms with E-state index in [2.05, 4.69) is 9.82 Å². The van der Waals surface area contributed by atoms with E-state index in [-0.39, 0.29) is 16.2 Å². The van der Waals surface area contributed by atoms with E-state index < -0.39 is 21.5 Å². The molecule has 0 aromatic heterocycles. The van der Waals surface area contributed by atoms with E-state index in [1.54, 1.807) is 12.1 Å². The molecule has 1 atom stereocenters. The van der Waals surface area contributed by atoms with Gasteiger partial charge >= 0.3 is 0 Å². The summed E-state index contributed by atoms with van der Waals surface area (Å²) in [5.74, 6) is -0.489. The first-order chi connectivity index (χ1) is 9.78. The third-order valence-corrected chi connectivity index (χ3v) is 4.84. The van der Waals surface area contributed by atoms with Crippen molar-refractivity contribution in [2.45, 2.75) is 17.4 Å². The highest BCUT2D eigenvalue weighted by Crippen LogP contribution is 2.27. The summed E-state index contributed by atoms with van der Waals surface area (Å²) in [4.78, 5) is 12.1. The quantitative estimate of drug-likeness (QED) is 0.650. The lowest BCUT2D eigenvalue weighted by Crippen LogP contribution is -2.54. The summed E-state index contributed by atoms with van der Waals surface area (Å²) in [6, 6.07) is 6.14. The third-order valence-electron chi connectivity index (χ3n) is 3.37. The molecule has 21 heavy (non-hydrogen) atoms. The molecule has 3 N–H and O–H groups in total. The molecule has 1 aliphatic heterocycles. The Morgan fingerprint density at radius 3 is 2.52 bits per heavy atom. The van der Waals surface area contributed by atoms with Gasteiger partial charge in [0.05, 0.1) is 4.90 Å². The van der Waals surface area contributed by atoms with E-state index in [0.29, 0.717) is 0 Å². The van der Waals surface area contributed by atoms with Gasteiger partial charge in [0, 0.05) is 12.6 Å². The summed E-state index contributed by atoms with van der Waals surface area (Å²) in [5, 5.41) is 14.5. The Bertz CT molecular complexity index is 716. The Labute approximate surface area is 122 Å². The lowest BCUT2D eigenvalue weighted by Gasteiger charge is -2.22. The van der Waals surface area contributed by atoms with Crippen LogP contribution in [0.1, 0.15) is 12.5 Å². The topological polar surface area (TPSA) is 111 Å². The second kappa shape index (κ2) is 5.19. The summed E-state index contributed by atoms with van der Waals surface area (Å²) in [6.45, 7) is 1.43. The van der Waals surface area contributed by atoms with E-state index in [0.717, 1.165) is 5.01 Å². The third kappa shape index (κ3) is 2.33. The fraction of sp³-hybridized carbons (Fsp3) is 0.333. The van der Waals surface area contributed by atoms with Gasteiger partial charge in [-0.25, -0.2) is 18.1 Å². The van der Waals surface area contributed by atoms with Gasteiger partial charge in [-0.15, -0.1) is 0 Å². The molecule has 1 unspecified atom stereocenters. The first-order valence-corrected chi connectivity index (χ1v) is 7.57. The Kier molecular flexibility index (Phi) is 3.85. The Morgan fingerprint density at radius 1 is 1.33 bits per heavy atom. The molecule has 1 heterocycles. The van der Waals surface area contributed by atoms with Crippen molar-refractivity contribution >= 4 is 21.6 Å². The second-order valence-corrected chi connectivity index (χ2v) is 6.57. The van der Waals surface area contributed by atoms with Gasteiger partial charge in [0.25, 0.3) is 5.91 Å². The van der Waals surface area contributed by atoms with Crippen molar-refractivity contribution in [1.29, 1.82) is 0 Å². The minimum atomic E-state index is -3.73. The number of nitrogens with zero attached hydrogens (tertiary/aromatic N) is 2. The highest BCUT2D eigenvalue weighted by Gasteiger charge is 2.47. The average Bonchev–Trinajstić information content (AvgIpc) is 2.72. The smallest absolute Gasteiger partial charge is 0.270 e. The van der Waals surface area contributed by atoms with Gasteiger partial charge < -0.3 is 5.21 Å². The van der Waals surface area contributed by atoms with Crippen LogP contribution in [-0.4, -0.2) is 49.9 Å². The maximum Gasteiger partial charge on any atom is 0.270 e. The molecule has 0 fully saturated rings. The maximum atomic E-state index is 12.1. The largest absolute Gasteiger partial charge is 0.315 e. The number of hydrogen-bond acceptors (Lipinski definition) is 6. The number of carbonyl (C=O) groups is 1. The van der Waals surface area contributed by atoms with Gasteiger partial charge in [-0.2, -0.15) is 10.6 Å². The molecule has 0 radical (unpaired) electrons. The van der Waals surface area contributed by atoms with Crippen LogP contribution in [0.15, 0.2) is 34.3 Å². The minimum absolute atomic E-state index is 0.0178. The summed E-state index contributed by atoms with van der Waals surface area (Å²) in [6.07, 6.45) is 0. The van der Waals surface area contributed by atoms with Gasteiger partial charge in [0.1, 0.15) is 5.71 Å². The van der Waals surface area contributed by atoms with Crippen LogP contribution < -0.4 is 10.2 Å². The summed E-state index contributed by atoms with van der Waals surface area (Å²) < 4.78 is 26.4. The van der Waals surface area contributed by atoms with Crippen molar-refractivity contribution in [3.05, 3.63) is 29.8 Å². The van der Waals surface area contributed by atoms with Crippen molar-refractivity contribution in [3.63, 3.8) is 0 Å². The highest BCUT2D eigenvalue weighted by molar-refractivity contribution is 7.89. The fourth-order valence-corrected chi connectivity index (χ4v) is 3.08. The zero-order valence-corrected chi connectivity index (χ0v) is 12.6. The predicted octanol–water partition coefficient (Wildman–Crippen LogP) is -0.492. The Balaban J connectivity index is 2.69. The highest BCUT2D eigenvalue weighted by atomic mass is 32.2. The summed E-state index contributed by atoms with van der Waals surface area (Å²) in [5.41, 5.74) is 0.798. The SMILES string of the molecule is CNS(=O)(=O)c1ccccc1C1=NN(C)C(=O)C1(C)NO. The Morgan fingerprint density at radius 2 is 1.95 bits per heavy atom. The number of benzene rings is 1. The monoisotopic (exact) mass is 312 g/mol. The average molecular weight is 312 g/mol. The number of hydrazone groups is 1. The Hall–Kier alpha value is -1.81. The minimum Gasteiger partial charge on any atom is -0.315 e. The van der Waals surface area contributed by atoms with Gasteiger partial charge in [-0.3, -0.25) is 4.79 Å². The molecule has 1 aromatic rings. The molecule has 2 rings (SSSR count). The number of likely N-dealkylation sites (N-methyl/N-ethyl adjacent to an activating group) is 1. The zero-order valence-electron chi connectivity index (χ0n) is 11.8. The van der Waals surface area contributed by atoms with Crippen molar-refractivity contribution in [1.82, 2.24) is 15.2 Å². The van der Waals surface area contributed by atoms with E-state index in [1.165, 1.54) is 33.2 Å². The zero-order chi connectivity index (χ0) is 15.8. The van der Waals surface area contributed by atoms with Gasteiger partial charge in [0.2, 0.25) is 10.0 Å². The van der Waals surface area contributed by atoms with Crippen LogP contribution in [0.4, 0.5) is 0 Å². The summed E-state index contributed by atoms with van der Waals surface area (Å²) in [7, 11) is -1.00. The molecule has 8 nitrogen and oxygen atoms in total. The van der Waals surface area contributed by atoms with Crippen molar-refractivity contribution in [3.8, 4) is 0 Å². The van der Waals surface area contributed by atoms with Crippen LogP contribution >= 0.6 is 0 Å². The predicted molar refractivity (Wildman–Crippen MR) is 75.3 cm³/mol. The molecule has 0 spiro atoms. The maximum absolute atomic E-state index is 12.1. The van der Waals surface area contributed by atoms with E-state index in [1.807, 2.05) is 5.48 Å². The number of nitrogens with one attached hydrogen (secondary N) is 2. The molecular formula is C12H16N4O4S. The standard InChI is InChI=1S/C12H16N4O4S/c1-12(15-18)10(14-16(3)11(12)17)8-6-4-5-7-9(8)21(19,20)13-2/h4-7,13,15,18H,1-3H3. The van der Waals surface area contributed by atoms with Crippen LogP contribution in [0.3, 0.4) is 0 Å². The molecule has 114 valence electrons. The number of rotatable bonds is 4. The van der Waals surface area contributed by atoms with Crippen LogP contribution in [0.25, 0.3) is 0 Å². The van der Waals surface area contributed by atoms with Crippen LogP contribution in [0, 0.1) is 0 Å². The molecule has 0 bridgehead atoms. The van der Waals surface area contributed by atoms with Crippen molar-refractivity contribution < 1.29 is 18.4 Å². The van der Waals surface area contributed by atoms with Crippen molar-refractivity contribution in [2.75, 3.05) is 14.1 Å². The molecule has 1 aromatic carbocycles. The number of hydroxylamine groups is 1. The molecule has 0 saturated heterocycles.